The smallest absolute Gasteiger partial charge is 0.323 e. The number of rotatable bonds is 5. The molecule has 1 unspecified atom stereocenters. The summed E-state index contributed by atoms with van der Waals surface area (Å²) >= 11 is 0. The van der Waals surface area contributed by atoms with E-state index in [2.05, 4.69) is 24.5 Å². The number of nitrogens with zero attached hydrogens (tertiary/aromatic N) is 1. The van der Waals surface area contributed by atoms with Crippen molar-refractivity contribution < 1.29 is 23.1 Å². The lowest BCUT2D eigenvalue weighted by atomic mass is 10.0. The lowest BCUT2D eigenvalue weighted by molar-refractivity contribution is -0.138. The van der Waals surface area contributed by atoms with Crippen LogP contribution in [0.15, 0.2) is 60.7 Å². The van der Waals surface area contributed by atoms with Crippen LogP contribution >= 0.6 is 0 Å². The molecule has 0 aromatic heterocycles. The van der Waals surface area contributed by atoms with E-state index in [1.54, 1.807) is 25.1 Å². The van der Waals surface area contributed by atoms with Gasteiger partial charge in [0.1, 0.15) is 17.4 Å². The van der Waals surface area contributed by atoms with E-state index in [-0.39, 0.29) is 19.0 Å². The van der Waals surface area contributed by atoms with Gasteiger partial charge in [-0.25, -0.2) is 13.6 Å². The molecule has 0 bridgehead atoms. The molecule has 182 valence electrons. The van der Waals surface area contributed by atoms with E-state index in [9.17, 15) is 18.4 Å². The van der Waals surface area contributed by atoms with Crippen LogP contribution in [0.4, 0.5) is 25.0 Å². The molecule has 1 aliphatic rings. The van der Waals surface area contributed by atoms with Crippen LogP contribution in [0, 0.1) is 11.6 Å². The second-order valence-electron chi connectivity index (χ2n) is 8.91. The summed E-state index contributed by atoms with van der Waals surface area (Å²) in [6.45, 7) is 6.00. The monoisotopic (exact) mass is 479 g/mol. The van der Waals surface area contributed by atoms with Crippen molar-refractivity contribution in [2.75, 3.05) is 10.6 Å². The molecule has 3 aromatic carbocycles. The number of benzene rings is 3. The van der Waals surface area contributed by atoms with Crippen molar-refractivity contribution in [1.82, 2.24) is 4.90 Å². The maximum absolute atomic E-state index is 13.6. The Bertz CT molecular complexity index is 1220. The SMILES string of the molecule is CC1Oc2ccc(NC(=O)Nc3ccc(C(C)C)cc3)cc2CN(Cc2cc(F)cc(F)c2)C1=O. The van der Waals surface area contributed by atoms with Crippen LogP contribution in [0.25, 0.3) is 0 Å². The highest BCUT2D eigenvalue weighted by Crippen LogP contribution is 2.30. The van der Waals surface area contributed by atoms with Crippen molar-refractivity contribution in [3.8, 4) is 5.75 Å². The van der Waals surface area contributed by atoms with Crippen molar-refractivity contribution in [2.24, 2.45) is 0 Å². The highest BCUT2D eigenvalue weighted by molar-refractivity contribution is 5.99. The summed E-state index contributed by atoms with van der Waals surface area (Å²) in [4.78, 5) is 26.9. The third-order valence-electron chi connectivity index (χ3n) is 5.77. The number of halogens is 2. The standard InChI is InChI=1S/C27H27F2N3O3/c1-16(2)19-4-6-23(7-5-19)30-27(34)31-24-8-9-25-20(12-24)15-32(26(33)17(3)35-25)14-18-10-21(28)13-22(29)11-18/h4-13,16-17H,14-15H2,1-3H3,(H2,30,31,34). The summed E-state index contributed by atoms with van der Waals surface area (Å²) < 4.78 is 33.1. The number of hydrogen-bond acceptors (Lipinski definition) is 3. The molecule has 2 N–H and O–H groups in total. The molecule has 6 nitrogen and oxygen atoms in total. The number of fused-ring (bicyclic) bond motifs is 1. The molecule has 1 atom stereocenters. The van der Waals surface area contributed by atoms with E-state index >= 15 is 0 Å². The van der Waals surface area contributed by atoms with Gasteiger partial charge in [0.15, 0.2) is 6.10 Å². The van der Waals surface area contributed by atoms with Crippen LogP contribution in [0.2, 0.25) is 0 Å². The second kappa shape index (κ2) is 10.1. The number of urea groups is 1. The Hall–Kier alpha value is -3.94. The normalized spacial score (nSPS) is 15.3. The van der Waals surface area contributed by atoms with Gasteiger partial charge in [0, 0.05) is 36.1 Å². The van der Waals surface area contributed by atoms with Crippen molar-refractivity contribution in [1.29, 1.82) is 0 Å². The Morgan fingerprint density at radius 2 is 1.63 bits per heavy atom. The highest BCUT2D eigenvalue weighted by atomic mass is 19.1. The van der Waals surface area contributed by atoms with Crippen LogP contribution in [-0.4, -0.2) is 22.9 Å². The second-order valence-corrected chi connectivity index (χ2v) is 8.91. The molecule has 3 aromatic rings. The Labute approximate surface area is 202 Å². The first-order chi connectivity index (χ1) is 16.7. The molecule has 8 heteroatoms. The van der Waals surface area contributed by atoms with Crippen molar-refractivity contribution in [2.45, 2.75) is 45.9 Å². The van der Waals surface area contributed by atoms with Gasteiger partial charge in [-0.3, -0.25) is 4.79 Å². The predicted molar refractivity (Wildman–Crippen MR) is 130 cm³/mol. The van der Waals surface area contributed by atoms with E-state index in [4.69, 9.17) is 4.74 Å². The van der Waals surface area contributed by atoms with E-state index in [0.29, 0.717) is 34.2 Å². The average molecular weight is 480 g/mol. The van der Waals surface area contributed by atoms with Crippen molar-refractivity contribution in [3.05, 3.63) is 89.0 Å². The Kier molecular flexibility index (Phi) is 7.00. The van der Waals surface area contributed by atoms with Crippen molar-refractivity contribution in [3.63, 3.8) is 0 Å². The van der Waals surface area contributed by atoms with Gasteiger partial charge in [0.05, 0.1) is 0 Å². The van der Waals surface area contributed by atoms with Crippen LogP contribution in [0.1, 0.15) is 43.4 Å². The zero-order chi connectivity index (χ0) is 25.1. The quantitative estimate of drug-likeness (QED) is 0.469. The van der Waals surface area contributed by atoms with Crippen molar-refractivity contribution >= 4 is 23.3 Å². The summed E-state index contributed by atoms with van der Waals surface area (Å²) in [6, 6.07) is 15.5. The lowest BCUT2D eigenvalue weighted by Gasteiger charge is -2.22. The number of anilines is 2. The number of hydrogen-bond donors (Lipinski definition) is 2. The molecule has 1 aliphatic heterocycles. The molecule has 3 amide bonds. The van der Waals surface area contributed by atoms with Crippen LogP contribution in [0.3, 0.4) is 0 Å². The predicted octanol–water partition coefficient (Wildman–Crippen LogP) is 6.04. The Balaban J connectivity index is 1.49. The summed E-state index contributed by atoms with van der Waals surface area (Å²) in [6.07, 6.45) is -0.773. The maximum Gasteiger partial charge on any atom is 0.323 e. The van der Waals surface area contributed by atoms with Crippen LogP contribution in [0.5, 0.6) is 5.75 Å². The molecule has 0 aliphatic carbocycles. The van der Waals surface area contributed by atoms with Gasteiger partial charge in [-0.15, -0.1) is 0 Å². The van der Waals surface area contributed by atoms with Gasteiger partial charge >= 0.3 is 6.03 Å². The van der Waals surface area contributed by atoms with Gasteiger partial charge in [-0.1, -0.05) is 26.0 Å². The Morgan fingerprint density at radius 1 is 1.00 bits per heavy atom. The summed E-state index contributed by atoms with van der Waals surface area (Å²) in [5.74, 6) is -0.808. The Morgan fingerprint density at radius 3 is 2.29 bits per heavy atom. The molecule has 0 saturated heterocycles. The number of nitrogens with one attached hydrogen (secondary N) is 2. The molecular formula is C27H27F2N3O3. The fraction of sp³-hybridized carbons (Fsp3) is 0.259. The fourth-order valence-corrected chi connectivity index (χ4v) is 3.98. The molecule has 35 heavy (non-hydrogen) atoms. The third-order valence-corrected chi connectivity index (χ3v) is 5.77. The van der Waals surface area contributed by atoms with Gasteiger partial charge in [0.25, 0.3) is 5.91 Å². The summed E-state index contributed by atoms with van der Waals surface area (Å²) in [5.41, 5.74) is 3.36. The van der Waals surface area contributed by atoms with Crippen LogP contribution < -0.4 is 15.4 Å². The summed E-state index contributed by atoms with van der Waals surface area (Å²) in [7, 11) is 0. The van der Waals surface area contributed by atoms with E-state index in [1.165, 1.54) is 22.6 Å². The number of ether oxygens (including phenoxy) is 1. The molecule has 4 rings (SSSR count). The first kappa shape index (κ1) is 24.2. The first-order valence-electron chi connectivity index (χ1n) is 11.4. The molecule has 0 spiro atoms. The fourth-order valence-electron chi connectivity index (χ4n) is 3.98. The highest BCUT2D eigenvalue weighted by Gasteiger charge is 2.28. The largest absolute Gasteiger partial charge is 0.481 e. The van der Waals surface area contributed by atoms with Crippen LogP contribution in [-0.2, 0) is 17.9 Å². The lowest BCUT2D eigenvalue weighted by Crippen LogP contribution is -2.37. The minimum atomic E-state index is -0.773. The number of carbonyl (C=O) groups is 2. The van der Waals surface area contributed by atoms with Gasteiger partial charge < -0.3 is 20.3 Å². The topological polar surface area (TPSA) is 70.7 Å². The minimum Gasteiger partial charge on any atom is -0.481 e. The van der Waals surface area contributed by atoms with Gasteiger partial charge in [-0.2, -0.15) is 0 Å². The van der Waals surface area contributed by atoms with E-state index in [1.807, 2.05) is 24.3 Å². The molecular weight excluding hydrogens is 452 g/mol. The summed E-state index contributed by atoms with van der Waals surface area (Å²) in [5, 5.41) is 5.59. The minimum absolute atomic E-state index is 0.0190. The zero-order valence-electron chi connectivity index (χ0n) is 19.8. The van der Waals surface area contributed by atoms with E-state index in [0.717, 1.165) is 6.07 Å². The zero-order valence-corrected chi connectivity index (χ0v) is 19.8. The van der Waals surface area contributed by atoms with E-state index < -0.39 is 23.8 Å². The maximum atomic E-state index is 13.6. The average Bonchev–Trinajstić information content (AvgIpc) is 2.89. The third kappa shape index (κ3) is 5.95. The van der Waals surface area contributed by atoms with Gasteiger partial charge in [-0.05, 0) is 66.4 Å². The molecule has 0 radical (unpaired) electrons. The molecule has 1 heterocycles. The van der Waals surface area contributed by atoms with Gasteiger partial charge in [0.2, 0.25) is 0 Å². The molecule has 0 saturated carbocycles. The number of amides is 3. The number of carbonyl (C=O) groups excluding carboxylic acids is 2. The first-order valence-corrected chi connectivity index (χ1v) is 11.4. The molecule has 0 fully saturated rings.